The van der Waals surface area contributed by atoms with Crippen LogP contribution < -0.4 is 0 Å². The predicted molar refractivity (Wildman–Crippen MR) is 87.0 cm³/mol. The first-order valence-electron chi connectivity index (χ1n) is 7.69. The first kappa shape index (κ1) is 14.4. The first-order valence-corrected chi connectivity index (χ1v) is 8.57. The standard InChI is InChI=1S/C16H17N5OS/c1-10(23-16-20-17-11(2)21(16)13-8-9-13)14-18-19-15(22-14)12-6-4-3-5-7-12/h3-7,10,13H,8-9H2,1-2H3/t10-/m0/s1. The van der Waals surface area contributed by atoms with Gasteiger partial charge in [0.15, 0.2) is 5.16 Å². The van der Waals surface area contributed by atoms with Crippen molar-refractivity contribution in [1.82, 2.24) is 25.0 Å². The Labute approximate surface area is 138 Å². The van der Waals surface area contributed by atoms with E-state index in [0.29, 0.717) is 17.8 Å². The molecule has 2 aromatic heterocycles. The topological polar surface area (TPSA) is 69.6 Å². The Morgan fingerprint density at radius 1 is 1.13 bits per heavy atom. The number of hydrogen-bond donors (Lipinski definition) is 0. The summed E-state index contributed by atoms with van der Waals surface area (Å²) in [6.45, 7) is 4.05. The predicted octanol–water partition coefficient (Wildman–Crippen LogP) is 3.82. The van der Waals surface area contributed by atoms with E-state index in [1.165, 1.54) is 12.8 Å². The lowest BCUT2D eigenvalue weighted by Gasteiger charge is -2.08. The first-order chi connectivity index (χ1) is 11.2. The average molecular weight is 327 g/mol. The van der Waals surface area contributed by atoms with Crippen molar-refractivity contribution in [2.24, 2.45) is 0 Å². The van der Waals surface area contributed by atoms with Gasteiger partial charge in [0.1, 0.15) is 5.82 Å². The molecule has 0 spiro atoms. The second-order valence-corrected chi connectivity index (χ2v) is 7.01. The highest BCUT2D eigenvalue weighted by atomic mass is 32.2. The van der Waals surface area contributed by atoms with Crippen molar-refractivity contribution in [2.75, 3.05) is 0 Å². The van der Waals surface area contributed by atoms with E-state index in [1.54, 1.807) is 11.8 Å². The van der Waals surface area contributed by atoms with Crippen LogP contribution in [0.3, 0.4) is 0 Å². The van der Waals surface area contributed by atoms with E-state index in [0.717, 1.165) is 16.5 Å². The van der Waals surface area contributed by atoms with Gasteiger partial charge in [-0.15, -0.1) is 20.4 Å². The maximum atomic E-state index is 5.83. The highest BCUT2D eigenvalue weighted by molar-refractivity contribution is 7.99. The van der Waals surface area contributed by atoms with Gasteiger partial charge in [0.25, 0.3) is 0 Å². The SMILES string of the molecule is Cc1nnc(S[C@@H](C)c2nnc(-c3ccccc3)o2)n1C1CC1. The van der Waals surface area contributed by atoms with Crippen LogP contribution in [0.5, 0.6) is 0 Å². The highest BCUT2D eigenvalue weighted by Crippen LogP contribution is 2.41. The molecule has 3 aromatic rings. The van der Waals surface area contributed by atoms with E-state index in [2.05, 4.69) is 25.0 Å². The molecule has 7 heteroatoms. The summed E-state index contributed by atoms with van der Waals surface area (Å²) in [6, 6.07) is 10.4. The normalized spacial score (nSPS) is 15.7. The zero-order valence-corrected chi connectivity index (χ0v) is 13.8. The molecule has 23 heavy (non-hydrogen) atoms. The third kappa shape index (κ3) is 2.88. The Morgan fingerprint density at radius 3 is 2.65 bits per heavy atom. The number of aromatic nitrogens is 5. The van der Waals surface area contributed by atoms with Gasteiger partial charge in [-0.1, -0.05) is 30.0 Å². The van der Waals surface area contributed by atoms with E-state index in [9.17, 15) is 0 Å². The summed E-state index contributed by atoms with van der Waals surface area (Å²) in [6.07, 6.45) is 2.42. The zero-order chi connectivity index (χ0) is 15.8. The molecule has 1 aliphatic rings. The van der Waals surface area contributed by atoms with E-state index in [1.807, 2.05) is 44.2 Å². The molecule has 0 N–H and O–H groups in total. The average Bonchev–Trinajstić information content (AvgIpc) is 3.15. The fourth-order valence-corrected chi connectivity index (χ4v) is 3.48. The van der Waals surface area contributed by atoms with Crippen LogP contribution in [0.15, 0.2) is 39.9 Å². The molecule has 0 amide bonds. The van der Waals surface area contributed by atoms with E-state index >= 15 is 0 Å². The Balaban J connectivity index is 1.54. The Morgan fingerprint density at radius 2 is 1.91 bits per heavy atom. The lowest BCUT2D eigenvalue weighted by Crippen LogP contribution is -2.00. The van der Waals surface area contributed by atoms with Crippen molar-refractivity contribution < 1.29 is 4.42 Å². The number of aryl methyl sites for hydroxylation is 1. The third-order valence-corrected chi connectivity index (χ3v) is 4.88. The summed E-state index contributed by atoms with van der Waals surface area (Å²) in [5, 5.41) is 17.8. The van der Waals surface area contributed by atoms with Crippen molar-refractivity contribution in [3.05, 3.63) is 42.0 Å². The molecule has 1 fully saturated rings. The fourth-order valence-electron chi connectivity index (χ4n) is 2.49. The van der Waals surface area contributed by atoms with E-state index in [-0.39, 0.29) is 5.25 Å². The molecule has 118 valence electrons. The van der Waals surface area contributed by atoms with Crippen LogP contribution in [0.2, 0.25) is 0 Å². The van der Waals surface area contributed by atoms with Gasteiger partial charge < -0.3 is 8.98 Å². The minimum Gasteiger partial charge on any atom is -0.419 e. The summed E-state index contributed by atoms with van der Waals surface area (Å²) in [7, 11) is 0. The summed E-state index contributed by atoms with van der Waals surface area (Å²) in [4.78, 5) is 0. The lowest BCUT2D eigenvalue weighted by molar-refractivity contribution is 0.508. The smallest absolute Gasteiger partial charge is 0.247 e. The van der Waals surface area contributed by atoms with E-state index < -0.39 is 0 Å². The Bertz CT molecular complexity index is 809. The number of rotatable bonds is 5. The van der Waals surface area contributed by atoms with Crippen LogP contribution in [-0.4, -0.2) is 25.0 Å². The molecular weight excluding hydrogens is 310 g/mol. The molecule has 0 unspecified atom stereocenters. The largest absolute Gasteiger partial charge is 0.419 e. The lowest BCUT2D eigenvalue weighted by atomic mass is 10.2. The highest BCUT2D eigenvalue weighted by Gasteiger charge is 2.29. The van der Waals surface area contributed by atoms with Gasteiger partial charge in [-0.2, -0.15) is 0 Å². The van der Waals surface area contributed by atoms with Crippen LogP contribution >= 0.6 is 11.8 Å². The number of hydrogen-bond acceptors (Lipinski definition) is 6. The molecule has 4 rings (SSSR count). The van der Waals surface area contributed by atoms with E-state index in [4.69, 9.17) is 4.42 Å². The van der Waals surface area contributed by atoms with Gasteiger partial charge in [0, 0.05) is 11.6 Å². The quantitative estimate of drug-likeness (QED) is 0.663. The van der Waals surface area contributed by atoms with Crippen molar-refractivity contribution >= 4 is 11.8 Å². The molecular formula is C16H17N5OS. The van der Waals surface area contributed by atoms with Crippen molar-refractivity contribution in [2.45, 2.75) is 43.1 Å². The monoisotopic (exact) mass is 327 g/mol. The molecule has 2 heterocycles. The number of thioether (sulfide) groups is 1. The summed E-state index contributed by atoms with van der Waals surface area (Å²) in [5.74, 6) is 2.13. The van der Waals surface area contributed by atoms with Gasteiger partial charge in [0.05, 0.1) is 5.25 Å². The van der Waals surface area contributed by atoms with Crippen molar-refractivity contribution in [1.29, 1.82) is 0 Å². The second kappa shape index (κ2) is 5.81. The van der Waals surface area contributed by atoms with Crippen molar-refractivity contribution in [3.8, 4) is 11.5 Å². The molecule has 0 aliphatic heterocycles. The Hall–Kier alpha value is -2.15. The molecule has 0 bridgehead atoms. The molecule has 6 nitrogen and oxygen atoms in total. The van der Waals surface area contributed by atoms with Gasteiger partial charge >= 0.3 is 0 Å². The van der Waals surface area contributed by atoms with Gasteiger partial charge in [-0.05, 0) is 38.8 Å². The summed E-state index contributed by atoms with van der Waals surface area (Å²) in [5.41, 5.74) is 0.931. The van der Waals surface area contributed by atoms with Gasteiger partial charge in [-0.3, -0.25) is 0 Å². The molecule has 1 atom stereocenters. The number of nitrogens with zero attached hydrogens (tertiary/aromatic N) is 5. The van der Waals surface area contributed by atoms with Crippen LogP contribution in [-0.2, 0) is 0 Å². The molecule has 1 aromatic carbocycles. The maximum Gasteiger partial charge on any atom is 0.247 e. The van der Waals surface area contributed by atoms with Gasteiger partial charge in [0.2, 0.25) is 11.8 Å². The van der Waals surface area contributed by atoms with Crippen LogP contribution in [0.1, 0.15) is 42.8 Å². The molecule has 0 saturated heterocycles. The second-order valence-electron chi connectivity index (χ2n) is 5.70. The van der Waals surface area contributed by atoms with Crippen LogP contribution in [0.25, 0.3) is 11.5 Å². The van der Waals surface area contributed by atoms with Crippen molar-refractivity contribution in [3.63, 3.8) is 0 Å². The van der Waals surface area contributed by atoms with Crippen LogP contribution in [0, 0.1) is 6.92 Å². The fraction of sp³-hybridized carbons (Fsp3) is 0.375. The van der Waals surface area contributed by atoms with Gasteiger partial charge in [-0.25, -0.2) is 0 Å². The minimum absolute atomic E-state index is 0.0288. The summed E-state index contributed by atoms with van der Waals surface area (Å²) < 4.78 is 8.04. The molecule has 1 saturated carbocycles. The third-order valence-electron chi connectivity index (χ3n) is 3.84. The molecule has 0 radical (unpaired) electrons. The zero-order valence-electron chi connectivity index (χ0n) is 13.0. The Kier molecular flexibility index (Phi) is 3.65. The molecule has 1 aliphatic carbocycles. The van der Waals surface area contributed by atoms with Crippen LogP contribution in [0.4, 0.5) is 0 Å². The number of benzene rings is 1. The minimum atomic E-state index is 0.0288. The maximum absolute atomic E-state index is 5.83. The summed E-state index contributed by atoms with van der Waals surface area (Å²) >= 11 is 1.61.